The lowest BCUT2D eigenvalue weighted by Crippen LogP contribution is -2.04. The summed E-state index contributed by atoms with van der Waals surface area (Å²) in [4.78, 5) is 17.4. The maximum absolute atomic E-state index is 14.1. The predicted octanol–water partition coefficient (Wildman–Crippen LogP) is 5.09. The number of aromatic amines is 1. The minimum atomic E-state index is -0.466. The summed E-state index contributed by atoms with van der Waals surface area (Å²) < 4.78 is 19.4. The van der Waals surface area contributed by atoms with Gasteiger partial charge in [0.1, 0.15) is 12.4 Å². The van der Waals surface area contributed by atoms with E-state index in [-0.39, 0.29) is 25.6 Å². The summed E-state index contributed by atoms with van der Waals surface area (Å²) in [7, 11) is 0. The van der Waals surface area contributed by atoms with Crippen LogP contribution in [0.25, 0.3) is 33.5 Å². The summed E-state index contributed by atoms with van der Waals surface area (Å²) in [6.07, 6.45) is 2.22. The monoisotopic (exact) mass is 500 g/mol. The molecule has 3 aromatic heterocycles. The number of nitrogens with zero attached hydrogens (tertiary/aromatic N) is 3. The molecule has 0 aliphatic heterocycles. The van der Waals surface area contributed by atoms with Crippen LogP contribution in [0.1, 0.15) is 24.0 Å². The zero-order chi connectivity index (χ0) is 26.2. The smallest absolute Gasteiger partial charge is 0.165 e. The van der Waals surface area contributed by atoms with Gasteiger partial charge in [0.05, 0.1) is 29.2 Å². The summed E-state index contributed by atoms with van der Waals surface area (Å²) in [5.41, 5.74) is 6.02. The van der Waals surface area contributed by atoms with Crippen LogP contribution in [0.15, 0.2) is 72.9 Å². The van der Waals surface area contributed by atoms with Gasteiger partial charge in [-0.3, -0.25) is 9.97 Å². The van der Waals surface area contributed by atoms with Crippen LogP contribution < -0.4 is 4.74 Å². The highest BCUT2D eigenvalue weighted by Crippen LogP contribution is 2.32. The molecule has 0 radical (unpaired) electrons. The molecule has 37 heavy (non-hydrogen) atoms. The summed E-state index contributed by atoms with van der Waals surface area (Å²) in [5, 5.41) is 17.6. The maximum Gasteiger partial charge on any atom is 0.165 e. The van der Waals surface area contributed by atoms with Crippen LogP contribution in [0.4, 0.5) is 4.39 Å². The number of aliphatic hydroxyl groups is 2. The number of rotatable bonds is 7. The first-order valence-electron chi connectivity index (χ1n) is 12.0. The number of pyridine rings is 2. The largest absolute Gasteiger partial charge is 0.488 e. The van der Waals surface area contributed by atoms with Crippen LogP contribution in [0, 0.1) is 12.7 Å². The van der Waals surface area contributed by atoms with Gasteiger partial charge in [0.25, 0.3) is 0 Å². The van der Waals surface area contributed by atoms with Gasteiger partial charge in [0.2, 0.25) is 0 Å². The molecule has 190 valence electrons. The molecule has 3 N–H and O–H groups in total. The first-order chi connectivity index (χ1) is 18.0. The molecule has 0 saturated carbocycles. The van der Waals surface area contributed by atoms with E-state index in [0.717, 1.165) is 50.6 Å². The number of halogens is 1. The Balaban J connectivity index is 0.00000102. The van der Waals surface area contributed by atoms with Gasteiger partial charge in [-0.05, 0) is 61.9 Å². The number of benzene rings is 2. The molecule has 0 atom stereocenters. The van der Waals surface area contributed by atoms with Crippen LogP contribution in [-0.2, 0) is 6.42 Å². The molecule has 5 aromatic rings. The van der Waals surface area contributed by atoms with Crippen molar-refractivity contribution in [3.63, 3.8) is 0 Å². The second kappa shape index (κ2) is 12.2. The van der Waals surface area contributed by atoms with Crippen molar-refractivity contribution < 1.29 is 19.3 Å². The van der Waals surface area contributed by atoms with E-state index in [1.54, 1.807) is 25.3 Å². The number of hydrogen-bond acceptors (Lipinski definition) is 6. The lowest BCUT2D eigenvalue weighted by molar-refractivity contribution is 0.196. The normalized spacial score (nSPS) is 10.7. The van der Waals surface area contributed by atoms with Crippen molar-refractivity contribution in [3.05, 3.63) is 95.8 Å². The molecular weight excluding hydrogens is 471 g/mol. The molecular formula is C29H29FN4O3. The van der Waals surface area contributed by atoms with Crippen molar-refractivity contribution in [2.24, 2.45) is 0 Å². The maximum atomic E-state index is 14.1. The second-order valence-electron chi connectivity index (χ2n) is 8.31. The van der Waals surface area contributed by atoms with Crippen LogP contribution in [-0.4, -0.2) is 50.0 Å². The van der Waals surface area contributed by atoms with E-state index in [9.17, 15) is 4.39 Å². The van der Waals surface area contributed by atoms with Crippen LogP contribution in [0.2, 0.25) is 0 Å². The second-order valence-corrected chi connectivity index (χ2v) is 8.31. The molecule has 0 amide bonds. The number of aliphatic hydroxyl groups excluding tert-OH is 2. The Kier molecular flexibility index (Phi) is 8.56. The van der Waals surface area contributed by atoms with E-state index in [2.05, 4.69) is 16.0 Å². The molecule has 3 heterocycles. The van der Waals surface area contributed by atoms with Gasteiger partial charge in [-0.15, -0.1) is 0 Å². The Morgan fingerprint density at radius 3 is 2.59 bits per heavy atom. The fourth-order valence-corrected chi connectivity index (χ4v) is 3.92. The van der Waals surface area contributed by atoms with Gasteiger partial charge in [0.15, 0.2) is 11.6 Å². The molecule has 0 bridgehead atoms. The number of hydrogen-bond donors (Lipinski definition) is 3. The van der Waals surface area contributed by atoms with E-state index in [1.165, 1.54) is 6.07 Å². The Hall–Kier alpha value is -4.14. The summed E-state index contributed by atoms with van der Waals surface area (Å²) in [5.74, 6) is 0.368. The van der Waals surface area contributed by atoms with Gasteiger partial charge < -0.3 is 19.9 Å². The lowest BCUT2D eigenvalue weighted by atomic mass is 10.1. The highest BCUT2D eigenvalue weighted by Gasteiger charge is 2.17. The van der Waals surface area contributed by atoms with Crippen LogP contribution >= 0.6 is 0 Å². The van der Waals surface area contributed by atoms with Crippen molar-refractivity contribution >= 4 is 10.9 Å². The first-order valence-corrected chi connectivity index (χ1v) is 12.0. The summed E-state index contributed by atoms with van der Waals surface area (Å²) >= 11 is 0. The molecule has 5 rings (SSSR count). The fraction of sp³-hybridized carbons (Fsp3) is 0.207. The minimum absolute atomic E-state index is 0.0330. The molecule has 0 unspecified atom stereocenters. The summed E-state index contributed by atoms with van der Waals surface area (Å²) in [6, 6.07) is 20.6. The van der Waals surface area contributed by atoms with Crippen molar-refractivity contribution in [2.45, 2.75) is 20.3 Å². The molecule has 0 aliphatic carbocycles. The Morgan fingerprint density at radius 2 is 1.81 bits per heavy atom. The third-order valence-electron chi connectivity index (χ3n) is 5.49. The molecule has 0 fully saturated rings. The van der Waals surface area contributed by atoms with E-state index in [4.69, 9.17) is 24.9 Å². The Labute approximate surface area is 214 Å². The number of imidazole rings is 1. The standard InChI is InChI=1S/C27H23FN4O2.C2H6O/c1-17-4-2-6-23(30-17)27-26(20-8-10-22-19(16-20)5-3-11-29-22)31-25(32-27)15-18-7-9-21(28)24(14-18)34-13-12-33;1-2-3/h2-11,14,16,33H,12-13,15H2,1H3,(H,31,32);3H,2H2,1H3. The first kappa shape index (κ1) is 25.9. The zero-order valence-corrected chi connectivity index (χ0v) is 20.8. The third kappa shape index (κ3) is 6.35. The Bertz CT molecular complexity index is 1490. The van der Waals surface area contributed by atoms with Crippen molar-refractivity contribution in [1.82, 2.24) is 19.9 Å². The van der Waals surface area contributed by atoms with Crippen LogP contribution in [0.3, 0.4) is 0 Å². The van der Waals surface area contributed by atoms with E-state index in [0.29, 0.717) is 6.42 Å². The van der Waals surface area contributed by atoms with Crippen molar-refractivity contribution in [3.8, 4) is 28.4 Å². The van der Waals surface area contributed by atoms with Gasteiger partial charge in [-0.1, -0.05) is 24.3 Å². The van der Waals surface area contributed by atoms with E-state index >= 15 is 0 Å². The van der Waals surface area contributed by atoms with Crippen molar-refractivity contribution in [1.29, 1.82) is 0 Å². The number of ether oxygens (including phenoxy) is 1. The van der Waals surface area contributed by atoms with Gasteiger partial charge in [-0.25, -0.2) is 9.37 Å². The number of nitrogens with one attached hydrogen (secondary N) is 1. The highest BCUT2D eigenvalue weighted by atomic mass is 19.1. The Morgan fingerprint density at radius 1 is 0.973 bits per heavy atom. The zero-order valence-electron chi connectivity index (χ0n) is 20.8. The number of aryl methyl sites for hydroxylation is 1. The van der Waals surface area contributed by atoms with E-state index in [1.807, 2.05) is 49.4 Å². The third-order valence-corrected chi connectivity index (χ3v) is 5.49. The predicted molar refractivity (Wildman–Crippen MR) is 142 cm³/mol. The van der Waals surface area contributed by atoms with Crippen molar-refractivity contribution in [2.75, 3.05) is 19.8 Å². The molecule has 0 spiro atoms. The van der Waals surface area contributed by atoms with Gasteiger partial charge in [0, 0.05) is 35.9 Å². The topological polar surface area (TPSA) is 104 Å². The number of fused-ring (bicyclic) bond motifs is 1. The number of aromatic nitrogens is 4. The molecule has 7 nitrogen and oxygen atoms in total. The molecule has 0 saturated heterocycles. The molecule has 8 heteroatoms. The summed E-state index contributed by atoms with van der Waals surface area (Å²) in [6.45, 7) is 3.74. The number of H-pyrrole nitrogens is 1. The average Bonchev–Trinajstić information content (AvgIpc) is 3.33. The average molecular weight is 501 g/mol. The molecule has 2 aromatic carbocycles. The lowest BCUT2D eigenvalue weighted by Gasteiger charge is -2.07. The van der Waals surface area contributed by atoms with Crippen LogP contribution in [0.5, 0.6) is 5.75 Å². The highest BCUT2D eigenvalue weighted by molar-refractivity contribution is 5.86. The fourth-order valence-electron chi connectivity index (χ4n) is 3.92. The minimum Gasteiger partial charge on any atom is -0.488 e. The van der Waals surface area contributed by atoms with Gasteiger partial charge in [-0.2, -0.15) is 0 Å². The quantitative estimate of drug-likeness (QED) is 0.287. The van der Waals surface area contributed by atoms with Gasteiger partial charge >= 0.3 is 0 Å². The molecule has 0 aliphatic rings. The SMILES string of the molecule is CCO.Cc1cccc(-c2[nH]c(Cc3ccc(F)c(OCCO)c3)nc2-c2ccc3ncccc3c2)n1. The van der Waals surface area contributed by atoms with E-state index < -0.39 is 5.82 Å².